The summed E-state index contributed by atoms with van der Waals surface area (Å²) in [7, 11) is 0. The third kappa shape index (κ3) is 5.38. The molecule has 6 heteroatoms. The lowest BCUT2D eigenvalue weighted by Gasteiger charge is -2.19. The molecule has 0 fully saturated rings. The SMILES string of the molecule is FC(F)CN(CCBr)Cc1cc(Br)cs1. The van der Waals surface area contributed by atoms with Gasteiger partial charge in [0.2, 0.25) is 0 Å². The molecule has 0 unspecified atom stereocenters. The van der Waals surface area contributed by atoms with Gasteiger partial charge in [0.15, 0.2) is 0 Å². The van der Waals surface area contributed by atoms with Crippen molar-refractivity contribution in [2.75, 3.05) is 18.4 Å². The van der Waals surface area contributed by atoms with Gasteiger partial charge in [-0.25, -0.2) is 8.78 Å². The van der Waals surface area contributed by atoms with Gasteiger partial charge in [-0.3, -0.25) is 4.90 Å². The average Bonchev–Trinajstić information content (AvgIpc) is 2.50. The van der Waals surface area contributed by atoms with Crippen molar-refractivity contribution in [3.05, 3.63) is 20.8 Å². The van der Waals surface area contributed by atoms with Crippen molar-refractivity contribution in [3.63, 3.8) is 0 Å². The Morgan fingerprint density at radius 3 is 2.67 bits per heavy atom. The van der Waals surface area contributed by atoms with Gasteiger partial charge in [-0.15, -0.1) is 11.3 Å². The standard InChI is InChI=1S/C9H11Br2F2NS/c10-1-2-14(5-9(12)13)4-8-3-7(11)6-15-8/h3,6,9H,1-2,4-5H2. The molecular weight excluding hydrogens is 352 g/mol. The quantitative estimate of drug-likeness (QED) is 0.692. The lowest BCUT2D eigenvalue weighted by atomic mass is 10.4. The fourth-order valence-corrected chi connectivity index (χ4v) is 3.20. The summed E-state index contributed by atoms with van der Waals surface area (Å²) >= 11 is 8.19. The highest BCUT2D eigenvalue weighted by Crippen LogP contribution is 2.21. The Balaban J connectivity index is 2.50. The van der Waals surface area contributed by atoms with Gasteiger partial charge in [0, 0.05) is 33.1 Å². The normalized spacial score (nSPS) is 11.6. The molecule has 15 heavy (non-hydrogen) atoms. The molecule has 0 aliphatic carbocycles. The summed E-state index contributed by atoms with van der Waals surface area (Å²) in [5.74, 6) is 0. The monoisotopic (exact) mass is 361 g/mol. The number of hydrogen-bond acceptors (Lipinski definition) is 2. The Morgan fingerprint density at radius 1 is 1.47 bits per heavy atom. The van der Waals surface area contributed by atoms with Crippen LogP contribution in [0.15, 0.2) is 15.9 Å². The van der Waals surface area contributed by atoms with E-state index >= 15 is 0 Å². The van der Waals surface area contributed by atoms with E-state index in [0.717, 1.165) is 9.35 Å². The van der Waals surface area contributed by atoms with Crippen LogP contribution in [0.3, 0.4) is 0 Å². The van der Waals surface area contributed by atoms with Gasteiger partial charge >= 0.3 is 0 Å². The number of thiophene rings is 1. The van der Waals surface area contributed by atoms with Crippen LogP contribution >= 0.6 is 43.2 Å². The lowest BCUT2D eigenvalue weighted by molar-refractivity contribution is 0.0886. The molecule has 0 spiro atoms. The van der Waals surface area contributed by atoms with E-state index in [9.17, 15) is 8.78 Å². The molecule has 0 aliphatic rings. The van der Waals surface area contributed by atoms with Crippen molar-refractivity contribution in [1.82, 2.24) is 4.90 Å². The molecule has 0 aliphatic heterocycles. The van der Waals surface area contributed by atoms with Crippen LogP contribution in [0.1, 0.15) is 4.88 Å². The van der Waals surface area contributed by atoms with Gasteiger partial charge in [0.05, 0.1) is 6.54 Å². The van der Waals surface area contributed by atoms with Crippen molar-refractivity contribution in [2.24, 2.45) is 0 Å². The molecule has 0 bridgehead atoms. The van der Waals surface area contributed by atoms with Crippen LogP contribution in [0.5, 0.6) is 0 Å². The summed E-state index contributed by atoms with van der Waals surface area (Å²) in [5, 5.41) is 2.68. The number of alkyl halides is 3. The van der Waals surface area contributed by atoms with Crippen molar-refractivity contribution in [1.29, 1.82) is 0 Å². The molecule has 1 rings (SSSR count). The van der Waals surface area contributed by atoms with Crippen molar-refractivity contribution in [3.8, 4) is 0 Å². The van der Waals surface area contributed by atoms with E-state index in [0.29, 0.717) is 18.4 Å². The predicted molar refractivity (Wildman–Crippen MR) is 67.1 cm³/mol. The van der Waals surface area contributed by atoms with Crippen molar-refractivity contribution >= 4 is 43.2 Å². The van der Waals surface area contributed by atoms with Crippen LogP contribution in [0, 0.1) is 0 Å². The summed E-state index contributed by atoms with van der Waals surface area (Å²) < 4.78 is 25.5. The smallest absolute Gasteiger partial charge is 0.251 e. The van der Waals surface area contributed by atoms with Crippen LogP contribution in [0.4, 0.5) is 8.78 Å². The van der Waals surface area contributed by atoms with E-state index < -0.39 is 6.43 Å². The Morgan fingerprint density at radius 2 is 2.20 bits per heavy atom. The maximum Gasteiger partial charge on any atom is 0.251 e. The average molecular weight is 363 g/mol. The van der Waals surface area contributed by atoms with Gasteiger partial charge in [-0.1, -0.05) is 15.9 Å². The first kappa shape index (κ1) is 13.5. The minimum atomic E-state index is -2.27. The third-order valence-electron chi connectivity index (χ3n) is 1.80. The van der Waals surface area contributed by atoms with Gasteiger partial charge in [-0.05, 0) is 22.0 Å². The molecule has 0 N–H and O–H groups in total. The maximum absolute atomic E-state index is 12.3. The zero-order valence-electron chi connectivity index (χ0n) is 7.93. The predicted octanol–water partition coefficient (Wildman–Crippen LogP) is 3.97. The summed E-state index contributed by atoms with van der Waals surface area (Å²) in [5.41, 5.74) is 0. The van der Waals surface area contributed by atoms with Gasteiger partial charge in [-0.2, -0.15) is 0 Å². The molecule has 0 amide bonds. The second-order valence-electron chi connectivity index (χ2n) is 3.05. The van der Waals surface area contributed by atoms with Crippen LogP contribution in [-0.2, 0) is 6.54 Å². The third-order valence-corrected chi connectivity index (χ3v) is 3.84. The lowest BCUT2D eigenvalue weighted by Crippen LogP contribution is -2.29. The van der Waals surface area contributed by atoms with E-state index in [1.807, 2.05) is 11.4 Å². The maximum atomic E-state index is 12.3. The number of halogens is 4. The zero-order chi connectivity index (χ0) is 11.3. The van der Waals surface area contributed by atoms with Crippen LogP contribution in [0.25, 0.3) is 0 Å². The molecule has 0 radical (unpaired) electrons. The number of nitrogens with zero attached hydrogens (tertiary/aromatic N) is 1. The zero-order valence-corrected chi connectivity index (χ0v) is 11.9. The molecule has 1 heterocycles. The van der Waals surface area contributed by atoms with E-state index in [4.69, 9.17) is 0 Å². The molecule has 1 nitrogen and oxygen atoms in total. The fourth-order valence-electron chi connectivity index (χ4n) is 1.21. The Kier molecular flexibility index (Phi) is 6.26. The van der Waals surface area contributed by atoms with E-state index in [1.54, 1.807) is 16.2 Å². The molecule has 0 saturated heterocycles. The summed E-state index contributed by atoms with van der Waals surface area (Å²) in [6.07, 6.45) is -2.27. The van der Waals surface area contributed by atoms with Crippen LogP contribution < -0.4 is 0 Å². The highest BCUT2D eigenvalue weighted by Gasteiger charge is 2.12. The molecule has 0 aromatic carbocycles. The van der Waals surface area contributed by atoms with Gasteiger partial charge in [0.1, 0.15) is 0 Å². The van der Waals surface area contributed by atoms with Crippen LogP contribution in [0.2, 0.25) is 0 Å². The van der Waals surface area contributed by atoms with Crippen molar-refractivity contribution in [2.45, 2.75) is 13.0 Å². The summed E-state index contributed by atoms with van der Waals surface area (Å²) in [6, 6.07) is 1.97. The largest absolute Gasteiger partial charge is 0.292 e. The van der Waals surface area contributed by atoms with Crippen molar-refractivity contribution < 1.29 is 8.78 Å². The highest BCUT2D eigenvalue weighted by atomic mass is 79.9. The molecule has 0 atom stereocenters. The topological polar surface area (TPSA) is 3.24 Å². The molecule has 1 aromatic rings. The van der Waals surface area contributed by atoms with Crippen LogP contribution in [-0.4, -0.2) is 29.7 Å². The Labute approximate surface area is 109 Å². The summed E-state index contributed by atoms with van der Waals surface area (Å²) in [6.45, 7) is 1.06. The Bertz CT molecular complexity index is 293. The van der Waals surface area contributed by atoms with Gasteiger partial charge < -0.3 is 0 Å². The van der Waals surface area contributed by atoms with E-state index in [-0.39, 0.29) is 6.54 Å². The molecule has 0 saturated carbocycles. The van der Waals surface area contributed by atoms with Gasteiger partial charge in [0.25, 0.3) is 6.43 Å². The molecular formula is C9H11Br2F2NS. The fraction of sp³-hybridized carbons (Fsp3) is 0.556. The minimum Gasteiger partial charge on any atom is -0.292 e. The second kappa shape index (κ2) is 6.93. The first-order chi connectivity index (χ1) is 7.11. The molecule has 86 valence electrons. The Hall–Kier alpha value is 0.480. The number of rotatable bonds is 6. The van der Waals surface area contributed by atoms with E-state index in [2.05, 4.69) is 31.9 Å². The second-order valence-corrected chi connectivity index (χ2v) is 5.75. The number of hydrogen-bond donors (Lipinski definition) is 0. The van der Waals surface area contributed by atoms with E-state index in [1.165, 1.54) is 0 Å². The molecule has 1 aromatic heterocycles. The summed E-state index contributed by atoms with van der Waals surface area (Å²) in [4.78, 5) is 2.85. The first-order valence-corrected chi connectivity index (χ1v) is 7.20. The first-order valence-electron chi connectivity index (χ1n) is 4.41. The highest BCUT2D eigenvalue weighted by molar-refractivity contribution is 9.10. The minimum absolute atomic E-state index is 0.166.